The third-order valence-electron chi connectivity index (χ3n) is 4.11. The summed E-state index contributed by atoms with van der Waals surface area (Å²) in [5.41, 5.74) is 3.35. The van der Waals surface area contributed by atoms with Crippen molar-refractivity contribution >= 4 is 5.96 Å². The minimum Gasteiger partial charge on any atom is -0.491 e. The van der Waals surface area contributed by atoms with E-state index in [0.717, 1.165) is 46.5 Å². The van der Waals surface area contributed by atoms with E-state index < -0.39 is 0 Å². The fourth-order valence-electron chi connectivity index (χ4n) is 2.70. The highest BCUT2D eigenvalue weighted by molar-refractivity contribution is 5.79. The molecule has 0 radical (unpaired) electrons. The normalized spacial score (nSPS) is 11.5. The number of furan rings is 1. The van der Waals surface area contributed by atoms with E-state index in [9.17, 15) is 0 Å². The predicted octanol–water partition coefficient (Wildman–Crippen LogP) is 3.49. The summed E-state index contributed by atoms with van der Waals surface area (Å²) >= 11 is 0. The van der Waals surface area contributed by atoms with Gasteiger partial charge in [-0.15, -0.1) is 0 Å². The van der Waals surface area contributed by atoms with E-state index in [2.05, 4.69) is 41.6 Å². The van der Waals surface area contributed by atoms with Crippen LogP contribution in [0.2, 0.25) is 0 Å². The lowest BCUT2D eigenvalue weighted by Crippen LogP contribution is -2.36. The van der Waals surface area contributed by atoms with Crippen LogP contribution in [0.3, 0.4) is 0 Å². The van der Waals surface area contributed by atoms with Crippen molar-refractivity contribution in [2.24, 2.45) is 4.99 Å². The number of ether oxygens (including phenoxy) is 2. The van der Waals surface area contributed by atoms with Crippen molar-refractivity contribution < 1.29 is 13.9 Å². The van der Waals surface area contributed by atoms with E-state index in [4.69, 9.17) is 13.9 Å². The van der Waals surface area contributed by atoms with Gasteiger partial charge in [0.1, 0.15) is 23.9 Å². The summed E-state index contributed by atoms with van der Waals surface area (Å²) in [5.74, 6) is 3.46. The minimum absolute atomic E-state index is 0.528. The topological polar surface area (TPSA) is 68.0 Å². The fraction of sp³-hybridized carbons (Fsp3) is 0.476. The Hall–Kier alpha value is -2.47. The van der Waals surface area contributed by atoms with Gasteiger partial charge in [-0.05, 0) is 45.4 Å². The van der Waals surface area contributed by atoms with Crippen LogP contribution in [0.15, 0.2) is 33.7 Å². The summed E-state index contributed by atoms with van der Waals surface area (Å²) in [6, 6.07) is 8.25. The average Bonchev–Trinajstić information content (AvgIpc) is 2.96. The second kappa shape index (κ2) is 10.6. The maximum Gasteiger partial charge on any atom is 0.191 e. The van der Waals surface area contributed by atoms with Crippen LogP contribution in [0.5, 0.6) is 5.75 Å². The first-order valence-corrected chi connectivity index (χ1v) is 9.32. The van der Waals surface area contributed by atoms with Gasteiger partial charge >= 0.3 is 0 Å². The summed E-state index contributed by atoms with van der Waals surface area (Å²) in [7, 11) is 1.67. The number of rotatable bonds is 9. The smallest absolute Gasteiger partial charge is 0.191 e. The first-order chi connectivity index (χ1) is 13.0. The number of nitrogens with one attached hydrogen (secondary N) is 2. The lowest BCUT2D eigenvalue weighted by molar-refractivity contribution is 0.145. The highest BCUT2D eigenvalue weighted by Crippen LogP contribution is 2.20. The van der Waals surface area contributed by atoms with Gasteiger partial charge in [0.2, 0.25) is 0 Å². The molecule has 0 saturated heterocycles. The molecule has 27 heavy (non-hydrogen) atoms. The standard InChI is InChI=1S/C21H31N3O3/c1-6-22-21(24-14-19-12-16(3)27-17(19)4)23-13-18-8-7-15(2)11-20(18)26-10-9-25-5/h7-8,11-12H,6,9-10,13-14H2,1-5H3,(H2,22,23,24). The van der Waals surface area contributed by atoms with Gasteiger partial charge in [-0.3, -0.25) is 0 Å². The van der Waals surface area contributed by atoms with Crippen molar-refractivity contribution in [1.82, 2.24) is 10.6 Å². The third kappa shape index (κ3) is 6.64. The van der Waals surface area contributed by atoms with Crippen LogP contribution >= 0.6 is 0 Å². The molecular weight excluding hydrogens is 342 g/mol. The van der Waals surface area contributed by atoms with Gasteiger partial charge in [-0.1, -0.05) is 12.1 Å². The molecule has 0 aliphatic heterocycles. The van der Waals surface area contributed by atoms with Crippen LogP contribution in [-0.2, 0) is 17.8 Å². The summed E-state index contributed by atoms with van der Waals surface area (Å²) in [5, 5.41) is 6.66. The van der Waals surface area contributed by atoms with E-state index in [1.165, 1.54) is 0 Å². The fourth-order valence-corrected chi connectivity index (χ4v) is 2.70. The van der Waals surface area contributed by atoms with Gasteiger partial charge in [0, 0.05) is 31.3 Å². The first-order valence-electron chi connectivity index (χ1n) is 9.32. The van der Waals surface area contributed by atoms with Crippen molar-refractivity contribution in [3.63, 3.8) is 0 Å². The lowest BCUT2D eigenvalue weighted by atomic mass is 10.1. The van der Waals surface area contributed by atoms with Crippen LogP contribution in [0, 0.1) is 20.8 Å². The van der Waals surface area contributed by atoms with Crippen molar-refractivity contribution in [1.29, 1.82) is 0 Å². The van der Waals surface area contributed by atoms with Gasteiger partial charge in [0.25, 0.3) is 0 Å². The molecule has 0 aliphatic carbocycles. The Labute approximate surface area is 162 Å². The molecule has 1 aromatic carbocycles. The first kappa shape index (κ1) is 20.8. The average molecular weight is 373 g/mol. The Morgan fingerprint density at radius 3 is 2.56 bits per heavy atom. The molecule has 0 saturated carbocycles. The van der Waals surface area contributed by atoms with Gasteiger partial charge < -0.3 is 24.5 Å². The van der Waals surface area contributed by atoms with Crippen LogP contribution in [-0.4, -0.2) is 32.8 Å². The third-order valence-corrected chi connectivity index (χ3v) is 4.11. The van der Waals surface area contributed by atoms with Gasteiger partial charge in [0.05, 0.1) is 13.2 Å². The Morgan fingerprint density at radius 1 is 1.07 bits per heavy atom. The van der Waals surface area contributed by atoms with Crippen molar-refractivity contribution in [2.45, 2.75) is 40.8 Å². The number of methoxy groups -OCH3 is 1. The Morgan fingerprint density at radius 2 is 1.89 bits per heavy atom. The SMILES string of the molecule is CCNC(=NCc1cc(C)oc1C)NCc1ccc(C)cc1OCCOC. The molecule has 2 N–H and O–H groups in total. The van der Waals surface area contributed by atoms with Gasteiger partial charge in [-0.2, -0.15) is 0 Å². The molecule has 2 rings (SSSR count). The molecule has 0 bridgehead atoms. The molecular formula is C21H31N3O3. The van der Waals surface area contributed by atoms with E-state index >= 15 is 0 Å². The second-order valence-electron chi connectivity index (χ2n) is 6.44. The molecule has 0 fully saturated rings. The zero-order valence-corrected chi connectivity index (χ0v) is 17.0. The van der Waals surface area contributed by atoms with Gasteiger partial charge in [0.15, 0.2) is 5.96 Å². The largest absolute Gasteiger partial charge is 0.491 e. The Bertz CT molecular complexity index is 753. The summed E-state index contributed by atoms with van der Waals surface area (Å²) in [6.07, 6.45) is 0. The van der Waals surface area contributed by atoms with Crippen LogP contribution in [0.4, 0.5) is 0 Å². The summed E-state index contributed by atoms with van der Waals surface area (Å²) in [6.45, 7) is 11.1. The predicted molar refractivity (Wildman–Crippen MR) is 108 cm³/mol. The molecule has 0 atom stereocenters. The van der Waals surface area contributed by atoms with E-state index in [1.54, 1.807) is 7.11 Å². The molecule has 0 spiro atoms. The number of hydrogen-bond acceptors (Lipinski definition) is 4. The van der Waals surface area contributed by atoms with Gasteiger partial charge in [-0.25, -0.2) is 4.99 Å². The maximum absolute atomic E-state index is 5.86. The minimum atomic E-state index is 0.528. The zero-order chi connectivity index (χ0) is 19.6. The van der Waals surface area contributed by atoms with E-state index in [-0.39, 0.29) is 0 Å². The number of nitrogens with zero attached hydrogens (tertiary/aromatic N) is 1. The molecule has 0 amide bonds. The number of aryl methyl sites for hydroxylation is 3. The molecule has 6 heteroatoms. The van der Waals surface area contributed by atoms with Crippen molar-refractivity contribution in [3.8, 4) is 5.75 Å². The second-order valence-corrected chi connectivity index (χ2v) is 6.44. The maximum atomic E-state index is 5.86. The zero-order valence-electron chi connectivity index (χ0n) is 17.0. The Balaban J connectivity index is 2.04. The van der Waals surface area contributed by atoms with Crippen LogP contribution < -0.4 is 15.4 Å². The highest BCUT2D eigenvalue weighted by Gasteiger charge is 2.07. The van der Waals surface area contributed by atoms with Crippen LogP contribution in [0.1, 0.15) is 35.1 Å². The number of benzene rings is 1. The molecule has 6 nitrogen and oxygen atoms in total. The van der Waals surface area contributed by atoms with Crippen molar-refractivity contribution in [2.75, 3.05) is 26.9 Å². The molecule has 1 heterocycles. The molecule has 0 unspecified atom stereocenters. The summed E-state index contributed by atoms with van der Waals surface area (Å²) < 4.78 is 16.5. The quantitative estimate of drug-likeness (QED) is 0.400. The molecule has 2 aromatic rings. The van der Waals surface area contributed by atoms with Crippen molar-refractivity contribution in [3.05, 3.63) is 52.5 Å². The number of guanidine groups is 1. The molecule has 148 valence electrons. The molecule has 1 aromatic heterocycles. The number of aliphatic imine (C=N–C) groups is 1. The van der Waals surface area contributed by atoms with E-state index in [0.29, 0.717) is 26.3 Å². The monoisotopic (exact) mass is 373 g/mol. The highest BCUT2D eigenvalue weighted by atomic mass is 16.5. The van der Waals surface area contributed by atoms with Crippen LogP contribution in [0.25, 0.3) is 0 Å². The lowest BCUT2D eigenvalue weighted by Gasteiger charge is -2.15. The summed E-state index contributed by atoms with van der Waals surface area (Å²) in [4.78, 5) is 4.67. The van der Waals surface area contributed by atoms with E-state index in [1.807, 2.05) is 26.0 Å². The Kier molecular flexibility index (Phi) is 8.20. The molecule has 0 aliphatic rings. The number of hydrogen-bond donors (Lipinski definition) is 2.